The molecule has 1 aromatic carbocycles. The number of hydrogen-bond donors (Lipinski definition) is 1. The molecule has 0 aliphatic heterocycles. The number of nitrogen functional groups attached to an aromatic ring is 1. The number of nitrogens with zero attached hydrogens (tertiary/aromatic N) is 1. The molecule has 1 heterocycles. The average molecular weight is 234 g/mol. The first-order valence-corrected chi connectivity index (χ1v) is 5.17. The molecule has 0 unspecified atom stereocenters. The van der Waals surface area contributed by atoms with Crippen molar-refractivity contribution in [3.8, 4) is 11.3 Å². The van der Waals surface area contributed by atoms with E-state index in [-0.39, 0.29) is 16.8 Å². The van der Waals surface area contributed by atoms with Gasteiger partial charge in [0.15, 0.2) is 0 Å². The molecule has 0 aliphatic rings. The zero-order chi connectivity index (χ0) is 12.6. The first kappa shape index (κ1) is 11.5. The van der Waals surface area contributed by atoms with Gasteiger partial charge in [0, 0.05) is 11.8 Å². The third-order valence-electron chi connectivity index (χ3n) is 2.56. The van der Waals surface area contributed by atoms with Crippen LogP contribution in [0.25, 0.3) is 11.3 Å². The molecule has 2 rings (SSSR count). The SMILES string of the molecule is Cc1cnc(-c2cc(F)c(C)cc2F)c(N)c1. The number of anilines is 1. The summed E-state index contributed by atoms with van der Waals surface area (Å²) in [4.78, 5) is 4.05. The second-order valence-electron chi connectivity index (χ2n) is 4.03. The molecule has 17 heavy (non-hydrogen) atoms. The Labute approximate surface area is 98.1 Å². The molecule has 0 radical (unpaired) electrons. The fraction of sp³-hybridized carbons (Fsp3) is 0.154. The summed E-state index contributed by atoms with van der Waals surface area (Å²) < 4.78 is 27.2. The van der Waals surface area contributed by atoms with Gasteiger partial charge in [0.25, 0.3) is 0 Å². The van der Waals surface area contributed by atoms with Crippen LogP contribution in [0.3, 0.4) is 0 Å². The van der Waals surface area contributed by atoms with Crippen LogP contribution in [-0.4, -0.2) is 4.98 Å². The first-order chi connectivity index (χ1) is 7.99. The van der Waals surface area contributed by atoms with E-state index in [0.29, 0.717) is 5.69 Å². The number of aromatic nitrogens is 1. The van der Waals surface area contributed by atoms with Gasteiger partial charge in [-0.3, -0.25) is 4.98 Å². The number of benzene rings is 1. The van der Waals surface area contributed by atoms with Crippen molar-refractivity contribution < 1.29 is 8.78 Å². The molecular weight excluding hydrogens is 222 g/mol. The lowest BCUT2D eigenvalue weighted by Gasteiger charge is -2.08. The monoisotopic (exact) mass is 234 g/mol. The van der Waals surface area contributed by atoms with Crippen molar-refractivity contribution in [1.82, 2.24) is 4.98 Å². The Morgan fingerprint density at radius 2 is 1.76 bits per heavy atom. The van der Waals surface area contributed by atoms with E-state index >= 15 is 0 Å². The lowest BCUT2D eigenvalue weighted by molar-refractivity contribution is 0.595. The quantitative estimate of drug-likeness (QED) is 0.822. The molecule has 0 amide bonds. The molecule has 0 aliphatic carbocycles. The molecule has 88 valence electrons. The van der Waals surface area contributed by atoms with Gasteiger partial charge in [-0.05, 0) is 43.2 Å². The molecule has 2 nitrogen and oxygen atoms in total. The number of hydrogen-bond acceptors (Lipinski definition) is 2. The van der Waals surface area contributed by atoms with Crippen LogP contribution in [-0.2, 0) is 0 Å². The van der Waals surface area contributed by atoms with E-state index in [4.69, 9.17) is 5.73 Å². The standard InChI is InChI=1S/C13H12F2N2/c1-7-3-12(16)13(17-6-7)9-5-10(14)8(2)4-11(9)15/h3-6H,16H2,1-2H3. The lowest BCUT2D eigenvalue weighted by Crippen LogP contribution is -1.98. The van der Waals surface area contributed by atoms with Crippen LogP contribution in [0.15, 0.2) is 24.4 Å². The van der Waals surface area contributed by atoms with Crippen LogP contribution >= 0.6 is 0 Å². The highest BCUT2D eigenvalue weighted by atomic mass is 19.1. The Morgan fingerprint density at radius 1 is 1.06 bits per heavy atom. The van der Waals surface area contributed by atoms with Gasteiger partial charge < -0.3 is 5.73 Å². The molecule has 0 saturated carbocycles. The molecule has 1 aromatic heterocycles. The van der Waals surface area contributed by atoms with Crippen LogP contribution in [0.4, 0.5) is 14.5 Å². The summed E-state index contributed by atoms with van der Waals surface area (Å²) in [5.74, 6) is -0.991. The van der Waals surface area contributed by atoms with Gasteiger partial charge in [-0.25, -0.2) is 8.78 Å². The Bertz CT molecular complexity index is 580. The molecule has 2 aromatic rings. The van der Waals surface area contributed by atoms with Gasteiger partial charge in [-0.2, -0.15) is 0 Å². The highest BCUT2D eigenvalue weighted by Crippen LogP contribution is 2.28. The third-order valence-corrected chi connectivity index (χ3v) is 2.56. The average Bonchev–Trinajstić information content (AvgIpc) is 2.24. The summed E-state index contributed by atoms with van der Waals surface area (Å²) in [5.41, 5.74) is 7.59. The van der Waals surface area contributed by atoms with Gasteiger partial charge in [0.1, 0.15) is 11.6 Å². The van der Waals surface area contributed by atoms with Crippen molar-refractivity contribution >= 4 is 5.69 Å². The fourth-order valence-corrected chi connectivity index (χ4v) is 1.64. The van der Waals surface area contributed by atoms with Gasteiger partial charge in [-0.1, -0.05) is 0 Å². The number of rotatable bonds is 1. The minimum atomic E-state index is -0.521. The molecule has 0 atom stereocenters. The van der Waals surface area contributed by atoms with Gasteiger partial charge in [0.2, 0.25) is 0 Å². The normalized spacial score (nSPS) is 10.6. The van der Waals surface area contributed by atoms with E-state index in [1.54, 1.807) is 12.3 Å². The van der Waals surface area contributed by atoms with E-state index in [2.05, 4.69) is 4.98 Å². The van der Waals surface area contributed by atoms with E-state index in [1.165, 1.54) is 6.92 Å². The van der Waals surface area contributed by atoms with E-state index in [0.717, 1.165) is 17.7 Å². The van der Waals surface area contributed by atoms with Crippen LogP contribution < -0.4 is 5.73 Å². The van der Waals surface area contributed by atoms with Crippen molar-refractivity contribution in [3.05, 3.63) is 47.2 Å². The number of nitrogens with two attached hydrogens (primary N) is 1. The van der Waals surface area contributed by atoms with Crippen molar-refractivity contribution in [2.45, 2.75) is 13.8 Å². The number of halogens is 2. The molecule has 0 fully saturated rings. The summed E-state index contributed by atoms with van der Waals surface area (Å²) in [7, 11) is 0. The maximum Gasteiger partial charge on any atom is 0.133 e. The summed E-state index contributed by atoms with van der Waals surface area (Å²) in [5, 5.41) is 0. The summed E-state index contributed by atoms with van der Waals surface area (Å²) in [6, 6.07) is 3.95. The summed E-state index contributed by atoms with van der Waals surface area (Å²) in [6.07, 6.45) is 1.57. The first-order valence-electron chi connectivity index (χ1n) is 5.17. The molecule has 4 heteroatoms. The molecule has 0 saturated heterocycles. The van der Waals surface area contributed by atoms with Crippen LogP contribution in [0.5, 0.6) is 0 Å². The minimum absolute atomic E-state index is 0.0885. The van der Waals surface area contributed by atoms with Crippen molar-refractivity contribution in [3.63, 3.8) is 0 Å². The Hall–Kier alpha value is -1.97. The largest absolute Gasteiger partial charge is 0.397 e. The minimum Gasteiger partial charge on any atom is -0.397 e. The highest BCUT2D eigenvalue weighted by molar-refractivity contribution is 5.73. The predicted octanol–water partition coefficient (Wildman–Crippen LogP) is 3.23. The maximum atomic E-state index is 13.7. The maximum absolute atomic E-state index is 13.7. The number of aryl methyl sites for hydroxylation is 2. The predicted molar refractivity (Wildman–Crippen MR) is 63.5 cm³/mol. The van der Waals surface area contributed by atoms with E-state index in [9.17, 15) is 8.78 Å². The second kappa shape index (κ2) is 4.13. The van der Waals surface area contributed by atoms with Gasteiger partial charge in [-0.15, -0.1) is 0 Å². The van der Waals surface area contributed by atoms with Crippen LogP contribution in [0.2, 0.25) is 0 Å². The van der Waals surface area contributed by atoms with Crippen molar-refractivity contribution in [1.29, 1.82) is 0 Å². The van der Waals surface area contributed by atoms with E-state index in [1.807, 2.05) is 6.92 Å². The molecular formula is C13H12F2N2. The van der Waals surface area contributed by atoms with Gasteiger partial charge >= 0.3 is 0 Å². The molecule has 0 bridgehead atoms. The Kier molecular flexibility index (Phi) is 2.79. The smallest absolute Gasteiger partial charge is 0.133 e. The molecule has 0 spiro atoms. The van der Waals surface area contributed by atoms with Gasteiger partial charge in [0.05, 0.1) is 11.4 Å². The second-order valence-corrected chi connectivity index (χ2v) is 4.03. The van der Waals surface area contributed by atoms with E-state index < -0.39 is 11.6 Å². The van der Waals surface area contributed by atoms with Crippen LogP contribution in [0, 0.1) is 25.5 Å². The van der Waals surface area contributed by atoms with Crippen molar-refractivity contribution in [2.24, 2.45) is 0 Å². The Balaban J connectivity index is 2.64. The van der Waals surface area contributed by atoms with Crippen LogP contribution in [0.1, 0.15) is 11.1 Å². The molecule has 2 N–H and O–H groups in total. The van der Waals surface area contributed by atoms with Crippen molar-refractivity contribution in [2.75, 3.05) is 5.73 Å². The third kappa shape index (κ3) is 2.11. The number of pyridine rings is 1. The highest BCUT2D eigenvalue weighted by Gasteiger charge is 2.13. The fourth-order valence-electron chi connectivity index (χ4n) is 1.64. The Morgan fingerprint density at radius 3 is 2.41 bits per heavy atom. The topological polar surface area (TPSA) is 38.9 Å². The summed E-state index contributed by atoms with van der Waals surface area (Å²) in [6.45, 7) is 3.34. The summed E-state index contributed by atoms with van der Waals surface area (Å²) >= 11 is 0. The lowest BCUT2D eigenvalue weighted by atomic mass is 10.1. The zero-order valence-corrected chi connectivity index (χ0v) is 9.59. The zero-order valence-electron chi connectivity index (χ0n) is 9.59.